The molecule has 4 nitrogen and oxygen atoms in total. The molecule has 2 rings (SSSR count). The van der Waals surface area contributed by atoms with Crippen LogP contribution in [0.15, 0.2) is 24.3 Å². The number of carbonyl (C=O) groups is 1. The molecule has 1 aromatic rings. The first-order valence-corrected chi connectivity index (χ1v) is 6.87. The lowest BCUT2D eigenvalue weighted by Crippen LogP contribution is -2.38. The number of amides is 1. The molecule has 2 unspecified atom stereocenters. The number of ether oxygens (including phenoxy) is 1. The van der Waals surface area contributed by atoms with Gasteiger partial charge < -0.3 is 15.2 Å². The summed E-state index contributed by atoms with van der Waals surface area (Å²) in [6.45, 7) is 2.88. The summed E-state index contributed by atoms with van der Waals surface area (Å²) in [5, 5.41) is 12.3. The van der Waals surface area contributed by atoms with E-state index in [9.17, 15) is 9.90 Å². The summed E-state index contributed by atoms with van der Waals surface area (Å²) in [7, 11) is 0. The highest BCUT2D eigenvalue weighted by Crippen LogP contribution is 2.26. The third-order valence-corrected chi connectivity index (χ3v) is 3.50. The highest BCUT2D eigenvalue weighted by atomic mass is 16.5. The molecule has 0 spiro atoms. The molecule has 2 N–H and O–H groups in total. The van der Waals surface area contributed by atoms with Crippen LogP contribution in [0, 0.1) is 5.92 Å². The average molecular weight is 263 g/mol. The van der Waals surface area contributed by atoms with Gasteiger partial charge in [-0.25, -0.2) is 0 Å². The quantitative estimate of drug-likeness (QED) is 0.846. The van der Waals surface area contributed by atoms with Crippen LogP contribution in [-0.2, 0) is 11.2 Å². The van der Waals surface area contributed by atoms with Crippen molar-refractivity contribution in [3.63, 3.8) is 0 Å². The Labute approximate surface area is 113 Å². The zero-order valence-electron chi connectivity index (χ0n) is 11.3. The molecule has 104 valence electrons. The van der Waals surface area contributed by atoms with E-state index in [1.807, 2.05) is 31.2 Å². The molecule has 0 bridgehead atoms. The molecular weight excluding hydrogens is 242 g/mol. The van der Waals surface area contributed by atoms with Crippen LogP contribution in [0.1, 0.15) is 25.3 Å². The molecule has 0 radical (unpaired) electrons. The molecule has 0 aromatic heterocycles. The first-order chi connectivity index (χ1) is 9.20. The van der Waals surface area contributed by atoms with Crippen molar-refractivity contribution in [1.29, 1.82) is 0 Å². The first kappa shape index (κ1) is 13.9. The van der Waals surface area contributed by atoms with Gasteiger partial charge in [0.15, 0.2) is 0 Å². The van der Waals surface area contributed by atoms with E-state index >= 15 is 0 Å². The number of aliphatic hydroxyl groups is 1. The molecule has 0 aliphatic carbocycles. The van der Waals surface area contributed by atoms with E-state index in [4.69, 9.17) is 4.74 Å². The summed E-state index contributed by atoms with van der Waals surface area (Å²) in [6.07, 6.45) is 1.71. The normalized spacial score (nSPS) is 19.2. The van der Waals surface area contributed by atoms with Gasteiger partial charge in [-0.2, -0.15) is 0 Å². The van der Waals surface area contributed by atoms with E-state index in [1.54, 1.807) is 0 Å². The van der Waals surface area contributed by atoms with E-state index in [1.165, 1.54) is 0 Å². The Morgan fingerprint density at radius 1 is 1.53 bits per heavy atom. The Morgan fingerprint density at radius 2 is 2.32 bits per heavy atom. The zero-order valence-corrected chi connectivity index (χ0v) is 11.3. The van der Waals surface area contributed by atoms with Crippen molar-refractivity contribution in [1.82, 2.24) is 5.32 Å². The molecule has 1 aliphatic heterocycles. The first-order valence-electron chi connectivity index (χ1n) is 6.87. The Hall–Kier alpha value is -1.55. The molecule has 1 aromatic carbocycles. The second-order valence-electron chi connectivity index (χ2n) is 4.96. The van der Waals surface area contributed by atoms with E-state index in [0.717, 1.165) is 24.2 Å². The number of para-hydroxylation sites is 1. The van der Waals surface area contributed by atoms with Crippen molar-refractivity contribution in [3.05, 3.63) is 29.8 Å². The lowest BCUT2D eigenvalue weighted by atomic mass is 9.96. The van der Waals surface area contributed by atoms with Gasteiger partial charge in [0.1, 0.15) is 12.4 Å². The molecule has 0 saturated carbocycles. The standard InChI is InChI=1S/C15H21NO3/c1-2-13(17)7-8-16-15(18)12-9-11-5-3-4-6-14(11)19-10-12/h3-6,12-13,17H,2,7-10H2,1H3,(H,16,18). The van der Waals surface area contributed by atoms with Gasteiger partial charge in [-0.3, -0.25) is 4.79 Å². The summed E-state index contributed by atoms with van der Waals surface area (Å²) in [5.41, 5.74) is 1.09. The lowest BCUT2D eigenvalue weighted by Gasteiger charge is -2.24. The van der Waals surface area contributed by atoms with Crippen LogP contribution >= 0.6 is 0 Å². The SMILES string of the molecule is CCC(O)CCNC(=O)C1COc2ccccc2C1. The van der Waals surface area contributed by atoms with Crippen molar-refractivity contribution in [3.8, 4) is 5.75 Å². The van der Waals surface area contributed by atoms with E-state index in [2.05, 4.69) is 5.32 Å². The summed E-state index contributed by atoms with van der Waals surface area (Å²) in [4.78, 5) is 12.0. The lowest BCUT2D eigenvalue weighted by molar-refractivity contribution is -0.126. The minimum Gasteiger partial charge on any atom is -0.492 e. The monoisotopic (exact) mass is 263 g/mol. The minimum absolute atomic E-state index is 0.0119. The van der Waals surface area contributed by atoms with Crippen molar-refractivity contribution in [2.24, 2.45) is 5.92 Å². The number of carbonyl (C=O) groups excluding carboxylic acids is 1. The number of aliphatic hydroxyl groups excluding tert-OH is 1. The van der Waals surface area contributed by atoms with Crippen LogP contribution in [0.5, 0.6) is 5.75 Å². The molecule has 1 amide bonds. The summed E-state index contributed by atoms with van der Waals surface area (Å²) in [5.74, 6) is 0.763. The molecule has 2 atom stereocenters. The molecule has 1 heterocycles. The maximum atomic E-state index is 12.0. The van der Waals surface area contributed by atoms with E-state index in [-0.39, 0.29) is 17.9 Å². The largest absolute Gasteiger partial charge is 0.492 e. The minimum atomic E-state index is -0.330. The van der Waals surface area contributed by atoms with Crippen LogP contribution in [0.25, 0.3) is 0 Å². The number of benzene rings is 1. The Balaban J connectivity index is 1.82. The smallest absolute Gasteiger partial charge is 0.226 e. The summed E-state index contributed by atoms with van der Waals surface area (Å²) < 4.78 is 5.60. The number of rotatable bonds is 5. The third-order valence-electron chi connectivity index (χ3n) is 3.50. The van der Waals surface area contributed by atoms with Crippen molar-refractivity contribution >= 4 is 5.91 Å². The Bertz CT molecular complexity index is 433. The van der Waals surface area contributed by atoms with Crippen molar-refractivity contribution < 1.29 is 14.6 Å². The fraction of sp³-hybridized carbons (Fsp3) is 0.533. The van der Waals surface area contributed by atoms with Gasteiger partial charge in [-0.05, 0) is 30.9 Å². The van der Waals surface area contributed by atoms with Gasteiger partial charge in [0.05, 0.1) is 12.0 Å². The van der Waals surface area contributed by atoms with Gasteiger partial charge in [0.25, 0.3) is 0 Å². The second-order valence-corrected chi connectivity index (χ2v) is 4.96. The zero-order chi connectivity index (χ0) is 13.7. The third kappa shape index (κ3) is 3.70. The maximum Gasteiger partial charge on any atom is 0.226 e. The van der Waals surface area contributed by atoms with Crippen LogP contribution in [0.4, 0.5) is 0 Å². The number of hydrogen-bond acceptors (Lipinski definition) is 3. The van der Waals surface area contributed by atoms with E-state index in [0.29, 0.717) is 19.6 Å². The maximum absolute atomic E-state index is 12.0. The average Bonchev–Trinajstić information content (AvgIpc) is 2.46. The van der Waals surface area contributed by atoms with Crippen LogP contribution in [0.2, 0.25) is 0 Å². The number of hydrogen-bond donors (Lipinski definition) is 2. The molecule has 0 saturated heterocycles. The highest BCUT2D eigenvalue weighted by Gasteiger charge is 2.25. The molecule has 19 heavy (non-hydrogen) atoms. The molecular formula is C15H21NO3. The summed E-state index contributed by atoms with van der Waals surface area (Å²) in [6, 6.07) is 7.82. The molecule has 1 aliphatic rings. The predicted octanol–water partition coefficient (Wildman–Crippen LogP) is 1.51. The van der Waals surface area contributed by atoms with Gasteiger partial charge in [-0.1, -0.05) is 25.1 Å². The Morgan fingerprint density at radius 3 is 3.11 bits per heavy atom. The van der Waals surface area contributed by atoms with Gasteiger partial charge in [0.2, 0.25) is 5.91 Å². The van der Waals surface area contributed by atoms with Gasteiger partial charge in [0, 0.05) is 6.54 Å². The molecule has 0 fully saturated rings. The fourth-order valence-electron chi connectivity index (χ4n) is 2.21. The summed E-state index contributed by atoms with van der Waals surface area (Å²) >= 11 is 0. The topological polar surface area (TPSA) is 58.6 Å². The second kappa shape index (κ2) is 6.57. The van der Waals surface area contributed by atoms with Crippen LogP contribution in [0.3, 0.4) is 0 Å². The Kier molecular flexibility index (Phi) is 4.80. The fourth-order valence-corrected chi connectivity index (χ4v) is 2.21. The van der Waals surface area contributed by atoms with Crippen molar-refractivity contribution in [2.45, 2.75) is 32.3 Å². The number of fused-ring (bicyclic) bond motifs is 1. The van der Waals surface area contributed by atoms with Crippen molar-refractivity contribution in [2.75, 3.05) is 13.2 Å². The van der Waals surface area contributed by atoms with Crippen LogP contribution in [-0.4, -0.2) is 30.3 Å². The van der Waals surface area contributed by atoms with Gasteiger partial charge in [-0.15, -0.1) is 0 Å². The number of nitrogens with one attached hydrogen (secondary N) is 1. The molecule has 4 heteroatoms. The van der Waals surface area contributed by atoms with Gasteiger partial charge >= 0.3 is 0 Å². The highest BCUT2D eigenvalue weighted by molar-refractivity contribution is 5.79. The van der Waals surface area contributed by atoms with Crippen LogP contribution < -0.4 is 10.1 Å². The van der Waals surface area contributed by atoms with E-state index < -0.39 is 0 Å². The predicted molar refractivity (Wildman–Crippen MR) is 73.1 cm³/mol.